The Hall–Kier alpha value is -0.0800. The molecule has 66 valence electrons. The van der Waals surface area contributed by atoms with E-state index in [1.54, 1.807) is 0 Å². The molecule has 0 heterocycles. The second kappa shape index (κ2) is 4.73. The molecule has 0 bridgehead atoms. The molecule has 0 aromatic rings. The summed E-state index contributed by atoms with van der Waals surface area (Å²) in [6.45, 7) is 4.44. The summed E-state index contributed by atoms with van der Waals surface area (Å²) in [5.74, 6) is 0. The van der Waals surface area contributed by atoms with Gasteiger partial charge in [0.1, 0.15) is 0 Å². The van der Waals surface area contributed by atoms with E-state index >= 15 is 0 Å². The van der Waals surface area contributed by atoms with Crippen LogP contribution in [0.1, 0.15) is 32.6 Å². The Bertz CT molecular complexity index is 99.7. The molecule has 0 amide bonds. The number of aliphatic hydroxyl groups excluding tert-OH is 1. The van der Waals surface area contributed by atoms with Gasteiger partial charge in [0.25, 0.3) is 0 Å². The molecular formula is C9H19NO. The third-order valence-corrected chi connectivity index (χ3v) is 2.63. The Kier molecular flexibility index (Phi) is 3.87. The molecule has 0 atom stereocenters. The van der Waals surface area contributed by atoms with Gasteiger partial charge in [0.05, 0.1) is 6.61 Å². The monoisotopic (exact) mass is 157 g/mol. The topological polar surface area (TPSA) is 23.5 Å². The minimum Gasteiger partial charge on any atom is -0.395 e. The molecule has 1 aliphatic carbocycles. The van der Waals surface area contributed by atoms with Crippen LogP contribution in [0.2, 0.25) is 0 Å². The van der Waals surface area contributed by atoms with Crippen LogP contribution < -0.4 is 0 Å². The average molecular weight is 157 g/mol. The summed E-state index contributed by atoms with van der Waals surface area (Å²) in [7, 11) is 0. The molecule has 1 fully saturated rings. The molecule has 0 unspecified atom stereocenters. The molecule has 0 aromatic carbocycles. The second-order valence-electron chi connectivity index (χ2n) is 3.29. The van der Waals surface area contributed by atoms with Gasteiger partial charge in [-0.05, 0) is 19.4 Å². The van der Waals surface area contributed by atoms with Gasteiger partial charge in [-0.1, -0.05) is 19.8 Å². The second-order valence-corrected chi connectivity index (χ2v) is 3.29. The molecule has 0 radical (unpaired) electrons. The van der Waals surface area contributed by atoms with Crippen molar-refractivity contribution >= 4 is 0 Å². The van der Waals surface area contributed by atoms with E-state index < -0.39 is 0 Å². The van der Waals surface area contributed by atoms with E-state index in [9.17, 15) is 0 Å². The minimum absolute atomic E-state index is 0.310. The number of likely N-dealkylation sites (N-methyl/N-ethyl adjacent to an activating group) is 1. The zero-order chi connectivity index (χ0) is 8.10. The third kappa shape index (κ3) is 2.46. The zero-order valence-corrected chi connectivity index (χ0v) is 7.42. The molecule has 2 heteroatoms. The first kappa shape index (κ1) is 9.01. The van der Waals surface area contributed by atoms with Crippen molar-refractivity contribution in [3.05, 3.63) is 0 Å². The molecule has 1 aliphatic rings. The Morgan fingerprint density at radius 1 is 1.36 bits per heavy atom. The summed E-state index contributed by atoms with van der Waals surface area (Å²) in [4.78, 5) is 2.40. The van der Waals surface area contributed by atoms with E-state index in [0.29, 0.717) is 6.61 Å². The summed E-state index contributed by atoms with van der Waals surface area (Å²) in [6.07, 6.45) is 5.45. The molecule has 0 spiro atoms. The number of rotatable bonds is 4. The number of aliphatic hydroxyl groups is 1. The van der Waals surface area contributed by atoms with Gasteiger partial charge < -0.3 is 5.11 Å². The maximum atomic E-state index is 8.79. The smallest absolute Gasteiger partial charge is 0.0558 e. The quantitative estimate of drug-likeness (QED) is 0.663. The van der Waals surface area contributed by atoms with Crippen LogP contribution in [0.15, 0.2) is 0 Å². The van der Waals surface area contributed by atoms with Crippen molar-refractivity contribution in [1.29, 1.82) is 0 Å². The molecule has 11 heavy (non-hydrogen) atoms. The Morgan fingerprint density at radius 3 is 2.45 bits per heavy atom. The molecule has 1 saturated carbocycles. The van der Waals surface area contributed by atoms with Gasteiger partial charge >= 0.3 is 0 Å². The lowest BCUT2D eigenvalue weighted by atomic mass is 10.2. The van der Waals surface area contributed by atoms with E-state index in [-0.39, 0.29) is 0 Å². The van der Waals surface area contributed by atoms with E-state index in [1.807, 2.05) is 0 Å². The Labute approximate surface area is 69.2 Å². The number of hydrogen-bond donors (Lipinski definition) is 1. The molecule has 0 aliphatic heterocycles. The summed E-state index contributed by atoms with van der Waals surface area (Å²) in [5.41, 5.74) is 0. The maximum absolute atomic E-state index is 8.79. The number of hydrogen-bond acceptors (Lipinski definition) is 2. The van der Waals surface area contributed by atoms with E-state index in [4.69, 9.17) is 5.11 Å². The van der Waals surface area contributed by atoms with Gasteiger partial charge in [0, 0.05) is 12.6 Å². The Morgan fingerprint density at radius 2 is 2.00 bits per heavy atom. The van der Waals surface area contributed by atoms with Crippen molar-refractivity contribution in [2.45, 2.75) is 38.6 Å². The summed E-state index contributed by atoms with van der Waals surface area (Å²) < 4.78 is 0. The fraction of sp³-hybridized carbons (Fsp3) is 1.00. The first-order valence-corrected chi connectivity index (χ1v) is 4.73. The lowest BCUT2D eigenvalue weighted by molar-refractivity contribution is 0.158. The largest absolute Gasteiger partial charge is 0.395 e. The Balaban J connectivity index is 2.27. The van der Waals surface area contributed by atoms with Crippen LogP contribution in [0, 0.1) is 0 Å². The molecule has 1 rings (SSSR count). The van der Waals surface area contributed by atoms with Gasteiger partial charge in [0.15, 0.2) is 0 Å². The maximum Gasteiger partial charge on any atom is 0.0558 e. The molecule has 1 N–H and O–H groups in total. The van der Waals surface area contributed by atoms with Crippen LogP contribution in [0.5, 0.6) is 0 Å². The summed E-state index contributed by atoms with van der Waals surface area (Å²) in [6, 6.07) is 0.771. The standard InChI is InChI=1S/C9H19NO/c1-2-10(7-8-11)9-5-3-4-6-9/h9,11H,2-8H2,1H3. The lowest BCUT2D eigenvalue weighted by Crippen LogP contribution is -2.35. The first-order chi connectivity index (χ1) is 5.38. The van der Waals surface area contributed by atoms with E-state index in [0.717, 1.165) is 19.1 Å². The van der Waals surface area contributed by atoms with Crippen molar-refractivity contribution in [1.82, 2.24) is 4.90 Å². The predicted octanol–water partition coefficient (Wildman–Crippen LogP) is 1.24. The SMILES string of the molecule is CCN(CCO)C1CCCC1. The molecular weight excluding hydrogens is 138 g/mol. The lowest BCUT2D eigenvalue weighted by Gasteiger charge is -2.26. The van der Waals surface area contributed by atoms with Crippen LogP contribution in [-0.4, -0.2) is 35.7 Å². The fourth-order valence-electron chi connectivity index (χ4n) is 2.00. The van der Waals surface area contributed by atoms with Crippen LogP contribution in [0.4, 0.5) is 0 Å². The van der Waals surface area contributed by atoms with Crippen LogP contribution in [-0.2, 0) is 0 Å². The minimum atomic E-state index is 0.310. The van der Waals surface area contributed by atoms with Crippen LogP contribution >= 0.6 is 0 Å². The zero-order valence-electron chi connectivity index (χ0n) is 7.42. The highest BCUT2D eigenvalue weighted by molar-refractivity contribution is 4.76. The van der Waals surface area contributed by atoms with Crippen molar-refractivity contribution in [2.75, 3.05) is 19.7 Å². The van der Waals surface area contributed by atoms with Crippen molar-refractivity contribution in [2.24, 2.45) is 0 Å². The fourth-order valence-corrected chi connectivity index (χ4v) is 2.00. The van der Waals surface area contributed by atoms with Crippen molar-refractivity contribution in [3.63, 3.8) is 0 Å². The number of nitrogens with zero attached hydrogens (tertiary/aromatic N) is 1. The van der Waals surface area contributed by atoms with E-state index in [1.165, 1.54) is 25.7 Å². The molecule has 2 nitrogen and oxygen atoms in total. The highest BCUT2D eigenvalue weighted by atomic mass is 16.3. The van der Waals surface area contributed by atoms with Crippen molar-refractivity contribution in [3.8, 4) is 0 Å². The normalized spacial score (nSPS) is 19.9. The first-order valence-electron chi connectivity index (χ1n) is 4.73. The molecule has 0 aromatic heterocycles. The molecule has 0 saturated heterocycles. The summed E-state index contributed by atoms with van der Waals surface area (Å²) in [5, 5.41) is 8.79. The average Bonchev–Trinajstić information content (AvgIpc) is 2.52. The van der Waals surface area contributed by atoms with E-state index in [2.05, 4.69) is 11.8 Å². The van der Waals surface area contributed by atoms with Crippen LogP contribution in [0.25, 0.3) is 0 Å². The van der Waals surface area contributed by atoms with Crippen molar-refractivity contribution < 1.29 is 5.11 Å². The third-order valence-electron chi connectivity index (χ3n) is 2.63. The van der Waals surface area contributed by atoms with Gasteiger partial charge in [-0.2, -0.15) is 0 Å². The van der Waals surface area contributed by atoms with Crippen LogP contribution in [0.3, 0.4) is 0 Å². The van der Waals surface area contributed by atoms with Gasteiger partial charge in [0.2, 0.25) is 0 Å². The predicted molar refractivity (Wildman–Crippen MR) is 46.6 cm³/mol. The highest BCUT2D eigenvalue weighted by Gasteiger charge is 2.20. The van der Waals surface area contributed by atoms with Gasteiger partial charge in [-0.15, -0.1) is 0 Å². The van der Waals surface area contributed by atoms with Gasteiger partial charge in [-0.3, -0.25) is 4.90 Å². The van der Waals surface area contributed by atoms with Gasteiger partial charge in [-0.25, -0.2) is 0 Å². The summed E-state index contributed by atoms with van der Waals surface area (Å²) >= 11 is 0. The highest BCUT2D eigenvalue weighted by Crippen LogP contribution is 2.22.